The molecule has 0 bridgehead atoms. The van der Waals surface area contributed by atoms with Crippen molar-refractivity contribution in [3.05, 3.63) is 54.9 Å². The van der Waals surface area contributed by atoms with E-state index in [1.807, 2.05) is 13.0 Å². The second-order valence-electron chi connectivity index (χ2n) is 3.73. The molecule has 0 saturated heterocycles. The van der Waals surface area contributed by atoms with Crippen LogP contribution in [0.2, 0.25) is 4.34 Å². The Morgan fingerprint density at radius 2 is 2.18 bits per heavy atom. The van der Waals surface area contributed by atoms with Gasteiger partial charge in [0.25, 0.3) is 0 Å². The maximum absolute atomic E-state index is 13.9. The molecule has 17 heavy (non-hydrogen) atoms. The van der Waals surface area contributed by atoms with Gasteiger partial charge in [0, 0.05) is 10.4 Å². The molecule has 1 unspecified atom stereocenters. The van der Waals surface area contributed by atoms with Crippen LogP contribution in [0.25, 0.3) is 0 Å². The predicted molar refractivity (Wildman–Crippen MR) is 74.2 cm³/mol. The first-order valence-electron chi connectivity index (χ1n) is 4.96. The maximum atomic E-state index is 13.9. The Morgan fingerprint density at radius 3 is 2.76 bits per heavy atom. The van der Waals surface area contributed by atoms with Crippen LogP contribution in [0.1, 0.15) is 22.0 Å². The Kier molecular flexibility index (Phi) is 3.88. The standard InChI is InChI=1S/C12H10BrClFNS/c1-6-5-9(17-12(6)14)11(16)7-3-2-4-8(13)10(7)15/h2-5,11H,16H2,1H3. The summed E-state index contributed by atoms with van der Waals surface area (Å²) in [6.45, 7) is 1.91. The van der Waals surface area contributed by atoms with Crippen molar-refractivity contribution < 1.29 is 4.39 Å². The fourth-order valence-electron chi connectivity index (χ4n) is 1.55. The van der Waals surface area contributed by atoms with Crippen LogP contribution in [0.5, 0.6) is 0 Å². The molecule has 90 valence electrons. The molecular weight excluding hydrogens is 325 g/mol. The lowest BCUT2D eigenvalue weighted by atomic mass is 10.1. The number of hydrogen-bond acceptors (Lipinski definition) is 2. The fraction of sp³-hybridized carbons (Fsp3) is 0.167. The van der Waals surface area contributed by atoms with E-state index in [-0.39, 0.29) is 5.82 Å². The summed E-state index contributed by atoms with van der Waals surface area (Å²) < 4.78 is 15.0. The fourth-order valence-corrected chi connectivity index (χ4v) is 3.17. The highest BCUT2D eigenvalue weighted by molar-refractivity contribution is 9.10. The number of benzene rings is 1. The minimum Gasteiger partial charge on any atom is -0.320 e. The average molecular weight is 335 g/mol. The molecule has 0 aliphatic carbocycles. The van der Waals surface area contributed by atoms with Crippen LogP contribution in [0.3, 0.4) is 0 Å². The highest BCUT2D eigenvalue weighted by Gasteiger charge is 2.18. The van der Waals surface area contributed by atoms with Gasteiger partial charge in [0.2, 0.25) is 0 Å². The summed E-state index contributed by atoms with van der Waals surface area (Å²) >= 11 is 10.5. The molecular formula is C12H10BrClFNS. The van der Waals surface area contributed by atoms with Crippen LogP contribution in [0.4, 0.5) is 4.39 Å². The van der Waals surface area contributed by atoms with Crippen LogP contribution < -0.4 is 5.73 Å². The third kappa shape index (κ3) is 2.55. The van der Waals surface area contributed by atoms with Gasteiger partial charge < -0.3 is 5.73 Å². The molecule has 0 spiro atoms. The molecule has 0 saturated carbocycles. The largest absolute Gasteiger partial charge is 0.320 e. The van der Waals surface area contributed by atoms with Gasteiger partial charge in [0.15, 0.2) is 0 Å². The van der Waals surface area contributed by atoms with Gasteiger partial charge in [0.1, 0.15) is 5.82 Å². The lowest BCUT2D eigenvalue weighted by Crippen LogP contribution is -2.12. The first-order chi connectivity index (χ1) is 8.00. The minimum atomic E-state index is -0.483. The Morgan fingerprint density at radius 1 is 1.47 bits per heavy atom. The summed E-state index contributed by atoms with van der Waals surface area (Å²) in [7, 11) is 0. The number of thiophene rings is 1. The lowest BCUT2D eigenvalue weighted by molar-refractivity contribution is 0.594. The molecule has 0 aliphatic heterocycles. The molecule has 0 fully saturated rings. The quantitative estimate of drug-likeness (QED) is 0.849. The monoisotopic (exact) mass is 333 g/mol. The molecule has 2 N–H and O–H groups in total. The van der Waals surface area contributed by atoms with Gasteiger partial charge in [-0.25, -0.2) is 4.39 Å². The third-order valence-corrected chi connectivity index (χ3v) is 4.75. The topological polar surface area (TPSA) is 26.0 Å². The van der Waals surface area contributed by atoms with Gasteiger partial charge in [-0.15, -0.1) is 11.3 Å². The molecule has 1 aromatic carbocycles. The van der Waals surface area contributed by atoms with Crippen LogP contribution in [0, 0.1) is 12.7 Å². The first-order valence-corrected chi connectivity index (χ1v) is 6.94. The van der Waals surface area contributed by atoms with Gasteiger partial charge in [-0.1, -0.05) is 23.7 Å². The number of hydrogen-bond donors (Lipinski definition) is 1. The van der Waals surface area contributed by atoms with Gasteiger partial charge in [-0.05, 0) is 40.5 Å². The zero-order valence-electron chi connectivity index (χ0n) is 9.01. The summed E-state index contributed by atoms with van der Waals surface area (Å²) in [4.78, 5) is 0.865. The highest BCUT2D eigenvalue weighted by atomic mass is 79.9. The van der Waals surface area contributed by atoms with E-state index in [4.69, 9.17) is 17.3 Å². The predicted octanol–water partition coefficient (Wildman–Crippen LogP) is 4.66. The van der Waals surface area contributed by atoms with E-state index in [1.54, 1.807) is 18.2 Å². The lowest BCUT2D eigenvalue weighted by Gasteiger charge is -2.11. The van der Waals surface area contributed by atoms with E-state index in [0.29, 0.717) is 14.4 Å². The van der Waals surface area contributed by atoms with Crippen molar-refractivity contribution in [2.75, 3.05) is 0 Å². The zero-order valence-corrected chi connectivity index (χ0v) is 12.2. The van der Waals surface area contributed by atoms with Gasteiger partial charge in [0.05, 0.1) is 14.9 Å². The molecule has 0 amide bonds. The Balaban J connectivity index is 2.43. The first kappa shape index (κ1) is 13.0. The summed E-state index contributed by atoms with van der Waals surface area (Å²) in [5.74, 6) is -0.317. The summed E-state index contributed by atoms with van der Waals surface area (Å²) in [6, 6.07) is 6.53. The van der Waals surface area contributed by atoms with E-state index >= 15 is 0 Å². The van der Waals surface area contributed by atoms with E-state index < -0.39 is 6.04 Å². The molecule has 1 heterocycles. The molecule has 2 rings (SSSR count). The van der Waals surface area contributed by atoms with E-state index in [0.717, 1.165) is 10.4 Å². The number of aryl methyl sites for hydroxylation is 1. The van der Waals surface area contributed by atoms with E-state index in [2.05, 4.69) is 15.9 Å². The van der Waals surface area contributed by atoms with Crippen LogP contribution in [-0.2, 0) is 0 Å². The number of rotatable bonds is 2. The van der Waals surface area contributed by atoms with Crippen LogP contribution >= 0.6 is 38.9 Å². The molecule has 1 atom stereocenters. The van der Waals surface area contributed by atoms with Gasteiger partial charge in [-0.3, -0.25) is 0 Å². The van der Waals surface area contributed by atoms with Gasteiger partial charge in [-0.2, -0.15) is 0 Å². The van der Waals surface area contributed by atoms with E-state index in [9.17, 15) is 4.39 Å². The smallest absolute Gasteiger partial charge is 0.142 e. The van der Waals surface area contributed by atoms with Crippen molar-refractivity contribution in [1.82, 2.24) is 0 Å². The van der Waals surface area contributed by atoms with Crippen LogP contribution in [0.15, 0.2) is 28.7 Å². The van der Waals surface area contributed by atoms with Crippen LogP contribution in [-0.4, -0.2) is 0 Å². The van der Waals surface area contributed by atoms with Crippen molar-refractivity contribution in [2.45, 2.75) is 13.0 Å². The summed E-state index contributed by atoms with van der Waals surface area (Å²) in [5.41, 5.74) is 7.50. The summed E-state index contributed by atoms with van der Waals surface area (Å²) in [6.07, 6.45) is 0. The second-order valence-corrected chi connectivity index (χ2v) is 6.27. The number of halogens is 3. The SMILES string of the molecule is Cc1cc(C(N)c2cccc(Br)c2F)sc1Cl. The minimum absolute atomic E-state index is 0.317. The molecule has 0 radical (unpaired) electrons. The molecule has 2 aromatic rings. The highest BCUT2D eigenvalue weighted by Crippen LogP contribution is 2.34. The second kappa shape index (κ2) is 5.06. The Bertz CT molecular complexity index is 536. The normalized spacial score (nSPS) is 12.8. The summed E-state index contributed by atoms with van der Waals surface area (Å²) in [5, 5.41) is 0. The van der Waals surface area contributed by atoms with Crippen molar-refractivity contribution in [3.63, 3.8) is 0 Å². The van der Waals surface area contributed by atoms with Crippen molar-refractivity contribution >= 4 is 38.9 Å². The average Bonchev–Trinajstić information content (AvgIpc) is 2.62. The molecule has 5 heteroatoms. The molecule has 1 aromatic heterocycles. The molecule has 1 nitrogen and oxygen atoms in total. The van der Waals surface area contributed by atoms with E-state index in [1.165, 1.54) is 11.3 Å². The Labute approximate surface area is 117 Å². The van der Waals surface area contributed by atoms with Gasteiger partial charge >= 0.3 is 0 Å². The number of nitrogens with two attached hydrogens (primary N) is 1. The zero-order chi connectivity index (χ0) is 12.6. The Hall–Kier alpha value is -0.420. The third-order valence-electron chi connectivity index (χ3n) is 2.50. The van der Waals surface area contributed by atoms with Crippen molar-refractivity contribution in [2.24, 2.45) is 5.73 Å². The van der Waals surface area contributed by atoms with Crippen molar-refractivity contribution in [3.8, 4) is 0 Å². The van der Waals surface area contributed by atoms with Crippen molar-refractivity contribution in [1.29, 1.82) is 0 Å². The molecule has 0 aliphatic rings. The maximum Gasteiger partial charge on any atom is 0.142 e.